The van der Waals surface area contributed by atoms with Crippen LogP contribution in [0.4, 0.5) is 0 Å². The van der Waals surface area contributed by atoms with Crippen LogP contribution in [0.5, 0.6) is 5.75 Å². The Kier molecular flexibility index (Phi) is 7.34. The van der Waals surface area contributed by atoms with E-state index in [2.05, 4.69) is 0 Å². The molecule has 1 aliphatic rings. The van der Waals surface area contributed by atoms with E-state index < -0.39 is 5.97 Å². The Hall–Kier alpha value is -2.86. The van der Waals surface area contributed by atoms with Crippen LogP contribution in [-0.2, 0) is 28.6 Å². The van der Waals surface area contributed by atoms with Crippen LogP contribution < -0.4 is 0 Å². The lowest BCUT2D eigenvalue weighted by Gasteiger charge is -2.28. The van der Waals surface area contributed by atoms with Crippen LogP contribution in [0, 0.1) is 5.41 Å². The molecule has 0 radical (unpaired) electrons. The minimum atomic E-state index is -0.918. The van der Waals surface area contributed by atoms with Crippen molar-refractivity contribution in [2.45, 2.75) is 65.3 Å². The van der Waals surface area contributed by atoms with Gasteiger partial charge in [0.15, 0.2) is 5.78 Å². The Morgan fingerprint density at radius 3 is 2.03 bits per heavy atom. The number of hydrogen-bond donors (Lipinski definition) is 3. The average Bonchev–Trinajstić information content (AvgIpc) is 2.95. The van der Waals surface area contributed by atoms with E-state index in [1.54, 1.807) is 29.2 Å². The monoisotopic (exact) mass is 472 g/mol. The number of carboxylic acid groups (broad SMARTS) is 1. The van der Waals surface area contributed by atoms with Crippen molar-refractivity contribution < 1.29 is 19.8 Å². The summed E-state index contributed by atoms with van der Waals surface area (Å²) in [6.45, 7) is 12.5. The molecule has 0 saturated heterocycles. The first-order chi connectivity index (χ1) is 14.7. The summed E-state index contributed by atoms with van der Waals surface area (Å²) in [5.41, 5.74) is 3.53. The Balaban J connectivity index is 0.00000385. The summed E-state index contributed by atoms with van der Waals surface area (Å²) in [6, 6.07) is 8.86. The molecule has 0 spiro atoms. The predicted octanol–water partition coefficient (Wildman–Crippen LogP) is 5.06. The quantitative estimate of drug-likeness (QED) is 0.528. The van der Waals surface area contributed by atoms with Crippen LogP contribution in [0.25, 0.3) is 0 Å². The molecule has 1 aliphatic heterocycles. The number of amidine groups is 1. The van der Waals surface area contributed by atoms with Gasteiger partial charge in [0.25, 0.3) is 0 Å². The van der Waals surface area contributed by atoms with Gasteiger partial charge in [-0.2, -0.15) is 0 Å². The first-order valence-electron chi connectivity index (χ1n) is 10.8. The maximum absolute atomic E-state index is 13.3. The second-order valence-corrected chi connectivity index (χ2v) is 10.6. The number of carboxylic acids is 1. The van der Waals surface area contributed by atoms with E-state index in [0.717, 1.165) is 16.7 Å². The number of benzene rings is 2. The van der Waals surface area contributed by atoms with Gasteiger partial charge >= 0.3 is 5.97 Å². The fraction of sp³-hybridized carbons (Fsp3) is 0.423. The maximum Gasteiger partial charge on any atom is 0.307 e. The number of ketones is 1. The fourth-order valence-corrected chi connectivity index (χ4v) is 4.06. The number of phenols is 1. The van der Waals surface area contributed by atoms with E-state index >= 15 is 0 Å². The van der Waals surface area contributed by atoms with Crippen molar-refractivity contribution >= 4 is 30.0 Å². The molecule has 1 heterocycles. The molecule has 0 aliphatic carbocycles. The molecule has 0 unspecified atom stereocenters. The molecule has 0 atom stereocenters. The standard InChI is InChI=1S/C26H32N2O4.ClH/c1-25(2,3)19-11-17(12-20(23(19)32)26(4,5)6)21(29)14-28-13-16-8-7-15(10-22(30)31)9-18(16)24(28)27;/h7-9,11-12,27,32H,10,13-14H2,1-6H3,(H,30,31);1H. The summed E-state index contributed by atoms with van der Waals surface area (Å²) >= 11 is 0. The molecule has 0 aromatic heterocycles. The zero-order valence-electron chi connectivity index (χ0n) is 20.1. The molecule has 0 fully saturated rings. The molecule has 0 saturated carbocycles. The summed E-state index contributed by atoms with van der Waals surface area (Å²) < 4.78 is 0. The van der Waals surface area contributed by atoms with Crippen molar-refractivity contribution in [2.24, 2.45) is 0 Å². The normalized spacial score (nSPS) is 13.5. The Morgan fingerprint density at radius 2 is 1.55 bits per heavy atom. The number of aromatic hydroxyl groups is 1. The van der Waals surface area contributed by atoms with E-state index in [4.69, 9.17) is 10.5 Å². The second-order valence-electron chi connectivity index (χ2n) is 10.6. The smallest absolute Gasteiger partial charge is 0.307 e. The van der Waals surface area contributed by atoms with E-state index in [9.17, 15) is 14.7 Å². The van der Waals surface area contributed by atoms with Gasteiger partial charge in [-0.15, -0.1) is 12.4 Å². The Morgan fingerprint density at radius 1 is 1.00 bits per heavy atom. The fourth-order valence-electron chi connectivity index (χ4n) is 4.06. The van der Waals surface area contributed by atoms with Gasteiger partial charge in [-0.25, -0.2) is 0 Å². The highest BCUT2D eigenvalue weighted by Gasteiger charge is 2.30. The van der Waals surface area contributed by atoms with Gasteiger partial charge in [-0.05, 0) is 40.2 Å². The highest BCUT2D eigenvalue weighted by molar-refractivity contribution is 6.05. The Labute approximate surface area is 201 Å². The molecule has 178 valence electrons. The molecule has 3 rings (SSSR count). The predicted molar refractivity (Wildman–Crippen MR) is 132 cm³/mol. The molecule has 2 aromatic carbocycles. The number of hydrogen-bond acceptors (Lipinski definition) is 4. The lowest BCUT2D eigenvalue weighted by molar-refractivity contribution is -0.136. The number of rotatable bonds is 5. The summed E-state index contributed by atoms with van der Waals surface area (Å²) in [7, 11) is 0. The third kappa shape index (κ3) is 5.56. The number of halogens is 1. The van der Waals surface area contributed by atoms with Crippen molar-refractivity contribution in [1.82, 2.24) is 4.90 Å². The largest absolute Gasteiger partial charge is 0.507 e. The van der Waals surface area contributed by atoms with Crippen LogP contribution >= 0.6 is 12.4 Å². The van der Waals surface area contributed by atoms with Gasteiger partial charge in [-0.1, -0.05) is 53.7 Å². The zero-order valence-corrected chi connectivity index (χ0v) is 20.9. The topological polar surface area (TPSA) is 102 Å². The number of Topliss-reactive ketones (excluding diaryl/α,β-unsaturated/α-hetero) is 1. The highest BCUT2D eigenvalue weighted by atomic mass is 35.5. The average molecular weight is 473 g/mol. The molecule has 7 heteroatoms. The molecular weight excluding hydrogens is 440 g/mol. The molecule has 0 amide bonds. The van der Waals surface area contributed by atoms with Crippen molar-refractivity contribution in [1.29, 1.82) is 5.41 Å². The summed E-state index contributed by atoms with van der Waals surface area (Å²) in [5.74, 6) is -0.581. The van der Waals surface area contributed by atoms with Crippen molar-refractivity contribution in [3.63, 3.8) is 0 Å². The van der Waals surface area contributed by atoms with Gasteiger partial charge in [0.1, 0.15) is 11.6 Å². The summed E-state index contributed by atoms with van der Waals surface area (Å²) in [5, 5.41) is 28.5. The van der Waals surface area contributed by atoms with Crippen LogP contribution in [0.1, 0.15) is 79.7 Å². The number of aliphatic carboxylic acids is 1. The van der Waals surface area contributed by atoms with Gasteiger partial charge in [0, 0.05) is 28.8 Å². The van der Waals surface area contributed by atoms with Crippen molar-refractivity contribution in [2.75, 3.05) is 6.54 Å². The highest BCUT2D eigenvalue weighted by Crippen LogP contribution is 2.40. The number of fused-ring (bicyclic) bond motifs is 1. The molecular formula is C26H33ClN2O4. The van der Waals surface area contributed by atoms with Gasteiger partial charge in [-0.3, -0.25) is 15.0 Å². The second kappa shape index (κ2) is 9.18. The molecule has 33 heavy (non-hydrogen) atoms. The summed E-state index contributed by atoms with van der Waals surface area (Å²) in [6.07, 6.45) is -0.0990. The maximum atomic E-state index is 13.3. The lowest BCUT2D eigenvalue weighted by Crippen LogP contribution is -2.30. The van der Waals surface area contributed by atoms with E-state index in [1.165, 1.54) is 0 Å². The van der Waals surface area contributed by atoms with Crippen LogP contribution in [0.3, 0.4) is 0 Å². The number of carbonyl (C=O) groups excluding carboxylic acids is 1. The molecule has 0 bridgehead atoms. The van der Waals surface area contributed by atoms with Gasteiger partial charge in [0.05, 0.1) is 13.0 Å². The van der Waals surface area contributed by atoms with Gasteiger partial charge < -0.3 is 15.1 Å². The van der Waals surface area contributed by atoms with E-state index in [0.29, 0.717) is 23.2 Å². The van der Waals surface area contributed by atoms with E-state index in [-0.39, 0.29) is 53.6 Å². The number of nitrogens with zero attached hydrogens (tertiary/aromatic N) is 1. The van der Waals surface area contributed by atoms with Crippen molar-refractivity contribution in [3.8, 4) is 5.75 Å². The molecule has 3 N–H and O–H groups in total. The van der Waals surface area contributed by atoms with Crippen LogP contribution in [0.2, 0.25) is 0 Å². The van der Waals surface area contributed by atoms with Crippen LogP contribution in [-0.4, -0.2) is 39.2 Å². The third-order valence-electron chi connectivity index (χ3n) is 5.84. The number of phenolic OH excluding ortho intramolecular Hbond substituents is 1. The Bertz CT molecular complexity index is 1080. The first-order valence-corrected chi connectivity index (χ1v) is 10.8. The number of carbonyl (C=O) groups is 2. The zero-order chi connectivity index (χ0) is 24.0. The number of nitrogens with one attached hydrogen (secondary N) is 1. The molecule has 6 nitrogen and oxygen atoms in total. The minimum absolute atomic E-state index is 0. The summed E-state index contributed by atoms with van der Waals surface area (Å²) in [4.78, 5) is 26.0. The van der Waals surface area contributed by atoms with E-state index in [1.807, 2.05) is 47.6 Å². The van der Waals surface area contributed by atoms with Gasteiger partial charge in [0.2, 0.25) is 0 Å². The molecule has 2 aromatic rings. The van der Waals surface area contributed by atoms with Crippen LogP contribution in [0.15, 0.2) is 30.3 Å². The third-order valence-corrected chi connectivity index (χ3v) is 5.84. The SMILES string of the molecule is CC(C)(C)c1cc(C(=O)CN2Cc3ccc(CC(=O)O)cc3C2=N)cc(C(C)(C)C)c1O.Cl. The minimum Gasteiger partial charge on any atom is -0.507 e. The lowest BCUT2D eigenvalue weighted by atomic mass is 9.78. The van der Waals surface area contributed by atoms with Crippen molar-refractivity contribution in [3.05, 3.63) is 63.7 Å². The first kappa shape index (κ1) is 26.4.